The molecule has 1 amide bonds. The van der Waals surface area contributed by atoms with E-state index in [1.165, 1.54) is 30.0 Å². The Labute approximate surface area is 183 Å². The molecule has 0 radical (unpaired) electrons. The van der Waals surface area contributed by atoms with Crippen molar-refractivity contribution in [3.8, 4) is 0 Å². The first-order chi connectivity index (χ1) is 15.1. The zero-order chi connectivity index (χ0) is 21.4. The summed E-state index contributed by atoms with van der Waals surface area (Å²) in [6.07, 6.45) is 8.61. The fourth-order valence-electron chi connectivity index (χ4n) is 5.16. The maximum absolute atomic E-state index is 13.8. The molecule has 2 aliphatic carbocycles. The third-order valence-electron chi connectivity index (χ3n) is 7.24. The highest BCUT2D eigenvalue weighted by molar-refractivity contribution is 5.94. The molecule has 1 aromatic heterocycles. The highest BCUT2D eigenvalue weighted by Gasteiger charge is 2.28. The number of benzene rings is 2. The van der Waals surface area contributed by atoms with Crippen molar-refractivity contribution in [3.05, 3.63) is 77.2 Å². The molecule has 0 aliphatic heterocycles. The first kappa shape index (κ1) is 20.2. The van der Waals surface area contributed by atoms with Gasteiger partial charge in [0.25, 0.3) is 5.91 Å². The second-order valence-electron chi connectivity index (χ2n) is 9.33. The average molecular weight is 417 g/mol. The highest BCUT2D eigenvalue weighted by atomic mass is 19.1. The number of pyridine rings is 1. The van der Waals surface area contributed by atoms with E-state index in [0.717, 1.165) is 42.1 Å². The van der Waals surface area contributed by atoms with Gasteiger partial charge in [-0.15, -0.1) is 0 Å². The summed E-state index contributed by atoms with van der Waals surface area (Å²) in [6, 6.07) is 15.1. The van der Waals surface area contributed by atoms with Gasteiger partial charge >= 0.3 is 0 Å². The summed E-state index contributed by atoms with van der Waals surface area (Å²) in [7, 11) is 0. The molecular weight excluding hydrogens is 387 g/mol. The van der Waals surface area contributed by atoms with Crippen LogP contribution in [-0.2, 0) is 0 Å². The standard InChI is InChI=1S/C27H29FN2O/c1-17(30-27(31)22-10-6-20(7-11-22)19-4-5-19)18-2-8-21(9-3-18)24-14-15-29-26-13-12-23(28)16-25(24)26/h6-7,10-19,21H,2-5,8-9H2,1H3,(H,30,31)/t17-,18?,21?/m1/s1. The smallest absolute Gasteiger partial charge is 0.251 e. The van der Waals surface area contributed by atoms with Gasteiger partial charge in [-0.25, -0.2) is 4.39 Å². The third kappa shape index (κ3) is 4.34. The highest BCUT2D eigenvalue weighted by Crippen LogP contribution is 2.40. The van der Waals surface area contributed by atoms with E-state index in [1.54, 1.807) is 12.1 Å². The number of halogens is 1. The number of nitrogens with zero attached hydrogens (tertiary/aromatic N) is 1. The lowest BCUT2D eigenvalue weighted by Gasteiger charge is -2.33. The predicted octanol–water partition coefficient (Wildman–Crippen LogP) is 6.34. The Hall–Kier alpha value is -2.75. The average Bonchev–Trinajstić information content (AvgIpc) is 3.64. The largest absolute Gasteiger partial charge is 0.349 e. The number of amides is 1. The van der Waals surface area contributed by atoms with Crippen LogP contribution in [-0.4, -0.2) is 16.9 Å². The van der Waals surface area contributed by atoms with Gasteiger partial charge in [0, 0.05) is 23.2 Å². The van der Waals surface area contributed by atoms with Crippen molar-refractivity contribution >= 4 is 16.8 Å². The van der Waals surface area contributed by atoms with Crippen LogP contribution in [0.4, 0.5) is 4.39 Å². The molecule has 1 N–H and O–H groups in total. The number of carbonyl (C=O) groups is 1. The quantitative estimate of drug-likeness (QED) is 0.527. The van der Waals surface area contributed by atoms with E-state index in [2.05, 4.69) is 29.4 Å². The molecule has 2 fully saturated rings. The van der Waals surface area contributed by atoms with E-state index >= 15 is 0 Å². The second-order valence-corrected chi connectivity index (χ2v) is 9.33. The SMILES string of the molecule is C[C@@H](NC(=O)c1ccc(C2CC2)cc1)C1CCC(c2ccnc3ccc(F)cc23)CC1. The molecule has 3 aromatic rings. The van der Waals surface area contributed by atoms with Gasteiger partial charge in [0.2, 0.25) is 0 Å². The Morgan fingerprint density at radius 2 is 1.68 bits per heavy atom. The molecule has 31 heavy (non-hydrogen) atoms. The Balaban J connectivity index is 1.20. The van der Waals surface area contributed by atoms with Gasteiger partial charge in [-0.05, 0) is 111 Å². The lowest BCUT2D eigenvalue weighted by Crippen LogP contribution is -2.39. The van der Waals surface area contributed by atoms with E-state index < -0.39 is 0 Å². The molecule has 1 heterocycles. The third-order valence-corrected chi connectivity index (χ3v) is 7.24. The predicted molar refractivity (Wildman–Crippen MR) is 122 cm³/mol. The van der Waals surface area contributed by atoms with Crippen LogP contribution in [0.2, 0.25) is 0 Å². The number of nitrogens with one attached hydrogen (secondary N) is 1. The minimum atomic E-state index is -0.211. The van der Waals surface area contributed by atoms with E-state index in [4.69, 9.17) is 0 Å². The first-order valence-electron chi connectivity index (χ1n) is 11.5. The van der Waals surface area contributed by atoms with Crippen LogP contribution in [0.5, 0.6) is 0 Å². The van der Waals surface area contributed by atoms with Crippen LogP contribution in [0.25, 0.3) is 10.9 Å². The van der Waals surface area contributed by atoms with Gasteiger partial charge in [-0.3, -0.25) is 9.78 Å². The number of aromatic nitrogens is 1. The summed E-state index contributed by atoms with van der Waals surface area (Å²) in [5.74, 6) is 1.40. The van der Waals surface area contributed by atoms with Gasteiger partial charge in [0.1, 0.15) is 5.82 Å². The lowest BCUT2D eigenvalue weighted by molar-refractivity contribution is 0.0918. The van der Waals surface area contributed by atoms with E-state index in [0.29, 0.717) is 17.8 Å². The normalized spacial score (nSPS) is 22.3. The summed E-state index contributed by atoms with van der Waals surface area (Å²) in [4.78, 5) is 17.1. The zero-order valence-corrected chi connectivity index (χ0v) is 18.0. The summed E-state index contributed by atoms with van der Waals surface area (Å²) >= 11 is 0. The van der Waals surface area contributed by atoms with Gasteiger partial charge in [-0.1, -0.05) is 12.1 Å². The molecule has 2 aromatic carbocycles. The van der Waals surface area contributed by atoms with Crippen molar-refractivity contribution in [1.29, 1.82) is 0 Å². The fraction of sp³-hybridized carbons (Fsp3) is 0.407. The molecule has 2 aliphatic rings. The van der Waals surface area contributed by atoms with Crippen LogP contribution in [0, 0.1) is 11.7 Å². The molecular formula is C27H29FN2O. The van der Waals surface area contributed by atoms with E-state index in [-0.39, 0.29) is 17.8 Å². The van der Waals surface area contributed by atoms with Crippen LogP contribution in [0.1, 0.15) is 78.8 Å². The number of fused-ring (bicyclic) bond motifs is 1. The Morgan fingerprint density at radius 1 is 0.968 bits per heavy atom. The molecule has 1 atom stereocenters. The van der Waals surface area contributed by atoms with Gasteiger partial charge in [0.05, 0.1) is 5.52 Å². The van der Waals surface area contributed by atoms with Crippen molar-refractivity contribution in [1.82, 2.24) is 10.3 Å². The summed E-state index contributed by atoms with van der Waals surface area (Å²) in [5, 5.41) is 4.16. The van der Waals surface area contributed by atoms with Crippen molar-refractivity contribution in [2.45, 2.75) is 63.3 Å². The fourth-order valence-corrected chi connectivity index (χ4v) is 5.16. The summed E-state index contributed by atoms with van der Waals surface area (Å²) in [6.45, 7) is 2.12. The molecule has 0 spiro atoms. The Morgan fingerprint density at radius 3 is 2.39 bits per heavy atom. The Bertz CT molecular complexity index is 1080. The maximum atomic E-state index is 13.8. The van der Waals surface area contributed by atoms with E-state index in [9.17, 15) is 9.18 Å². The number of hydrogen-bond acceptors (Lipinski definition) is 2. The van der Waals surface area contributed by atoms with Gasteiger partial charge in [0.15, 0.2) is 0 Å². The van der Waals surface area contributed by atoms with Crippen molar-refractivity contribution in [2.75, 3.05) is 0 Å². The van der Waals surface area contributed by atoms with Gasteiger partial charge < -0.3 is 5.32 Å². The molecule has 4 heteroatoms. The maximum Gasteiger partial charge on any atom is 0.251 e. The molecule has 0 bridgehead atoms. The van der Waals surface area contributed by atoms with Crippen molar-refractivity contribution in [2.24, 2.45) is 5.92 Å². The summed E-state index contributed by atoms with van der Waals surface area (Å²) < 4.78 is 13.8. The number of rotatable bonds is 5. The minimum absolute atomic E-state index is 0.0209. The zero-order valence-electron chi connectivity index (χ0n) is 18.0. The van der Waals surface area contributed by atoms with Crippen LogP contribution in [0.15, 0.2) is 54.7 Å². The van der Waals surface area contributed by atoms with Gasteiger partial charge in [-0.2, -0.15) is 0 Å². The molecule has 160 valence electrons. The monoisotopic (exact) mass is 416 g/mol. The van der Waals surface area contributed by atoms with Crippen LogP contribution in [0.3, 0.4) is 0 Å². The van der Waals surface area contributed by atoms with Crippen LogP contribution < -0.4 is 5.32 Å². The van der Waals surface area contributed by atoms with Crippen LogP contribution >= 0.6 is 0 Å². The van der Waals surface area contributed by atoms with Crippen molar-refractivity contribution < 1.29 is 9.18 Å². The van der Waals surface area contributed by atoms with E-state index in [1.807, 2.05) is 24.4 Å². The van der Waals surface area contributed by atoms with Crippen molar-refractivity contribution in [3.63, 3.8) is 0 Å². The molecule has 0 saturated heterocycles. The minimum Gasteiger partial charge on any atom is -0.349 e. The number of hydrogen-bond donors (Lipinski definition) is 1. The topological polar surface area (TPSA) is 42.0 Å². The summed E-state index contributed by atoms with van der Waals surface area (Å²) in [5.41, 5.74) is 4.16. The Kier molecular flexibility index (Phi) is 5.47. The molecule has 2 saturated carbocycles. The first-order valence-corrected chi connectivity index (χ1v) is 11.5. The lowest BCUT2D eigenvalue weighted by atomic mass is 9.75. The second kappa shape index (κ2) is 8.41. The molecule has 3 nitrogen and oxygen atoms in total. The molecule has 0 unspecified atom stereocenters. The number of carbonyl (C=O) groups excluding carboxylic acids is 1. The molecule has 5 rings (SSSR count).